The van der Waals surface area contributed by atoms with Gasteiger partial charge < -0.3 is 10.2 Å². The van der Waals surface area contributed by atoms with Gasteiger partial charge in [-0.05, 0) is 25.0 Å². The summed E-state index contributed by atoms with van der Waals surface area (Å²) in [6, 6.07) is 8.24. The lowest BCUT2D eigenvalue weighted by molar-refractivity contribution is -0.132. The highest BCUT2D eigenvalue weighted by atomic mass is 32.1. The Balaban J connectivity index is 1.17. The van der Waals surface area contributed by atoms with E-state index in [0.29, 0.717) is 6.54 Å². The molecule has 0 unspecified atom stereocenters. The molecule has 1 aromatic heterocycles. The van der Waals surface area contributed by atoms with E-state index in [1.807, 2.05) is 17.0 Å². The summed E-state index contributed by atoms with van der Waals surface area (Å²) >= 11 is 1.76. The van der Waals surface area contributed by atoms with E-state index >= 15 is 0 Å². The highest BCUT2D eigenvalue weighted by molar-refractivity contribution is 7.18. The van der Waals surface area contributed by atoms with Crippen LogP contribution in [0.2, 0.25) is 0 Å². The van der Waals surface area contributed by atoms with E-state index in [4.69, 9.17) is 4.98 Å². The van der Waals surface area contributed by atoms with Crippen LogP contribution in [-0.2, 0) is 16.1 Å². The summed E-state index contributed by atoms with van der Waals surface area (Å²) in [6.45, 7) is 6.57. The molecule has 28 heavy (non-hydrogen) atoms. The predicted molar refractivity (Wildman–Crippen MR) is 110 cm³/mol. The Morgan fingerprint density at radius 2 is 1.71 bits per heavy atom. The molecule has 4 rings (SSSR count). The van der Waals surface area contributed by atoms with Gasteiger partial charge in [0.1, 0.15) is 5.01 Å². The lowest BCUT2D eigenvalue weighted by atomic mass is 10.3. The number of benzene rings is 1. The smallest absolute Gasteiger partial charge is 0.241 e. The fourth-order valence-electron chi connectivity index (χ4n) is 3.80. The first-order chi connectivity index (χ1) is 13.7. The van der Waals surface area contributed by atoms with E-state index in [1.165, 1.54) is 4.70 Å². The van der Waals surface area contributed by atoms with Crippen molar-refractivity contribution in [2.45, 2.75) is 19.4 Å². The van der Waals surface area contributed by atoms with Crippen LogP contribution in [0.4, 0.5) is 0 Å². The van der Waals surface area contributed by atoms with Gasteiger partial charge in [-0.15, -0.1) is 11.3 Å². The van der Waals surface area contributed by atoms with Crippen molar-refractivity contribution >= 4 is 33.4 Å². The van der Waals surface area contributed by atoms with Crippen LogP contribution in [0.5, 0.6) is 0 Å². The topological polar surface area (TPSA) is 68.8 Å². The van der Waals surface area contributed by atoms with Crippen molar-refractivity contribution < 1.29 is 9.59 Å². The molecule has 0 saturated carbocycles. The third-order valence-electron chi connectivity index (χ3n) is 5.42. The van der Waals surface area contributed by atoms with Gasteiger partial charge in [0.15, 0.2) is 0 Å². The quantitative estimate of drug-likeness (QED) is 0.787. The van der Waals surface area contributed by atoms with E-state index in [2.05, 4.69) is 27.2 Å². The number of fused-ring (bicyclic) bond motifs is 1. The van der Waals surface area contributed by atoms with Gasteiger partial charge in [-0.25, -0.2) is 4.98 Å². The molecular formula is C20H27N5O2S. The SMILES string of the molecule is O=C(CN1CCN(Cc2nc3ccccc3s2)CC1)NCC(=O)N1CCCC1. The van der Waals surface area contributed by atoms with Gasteiger partial charge in [0.05, 0.1) is 29.9 Å². The number of para-hydroxylation sites is 1. The maximum absolute atomic E-state index is 12.2. The van der Waals surface area contributed by atoms with Crippen LogP contribution in [-0.4, -0.2) is 83.9 Å². The lowest BCUT2D eigenvalue weighted by Gasteiger charge is -2.33. The third-order valence-corrected chi connectivity index (χ3v) is 6.45. The van der Waals surface area contributed by atoms with Crippen LogP contribution in [0.25, 0.3) is 10.2 Å². The van der Waals surface area contributed by atoms with Crippen LogP contribution in [0.3, 0.4) is 0 Å². The molecule has 2 aliphatic rings. The molecule has 0 bridgehead atoms. The summed E-state index contributed by atoms with van der Waals surface area (Å²) < 4.78 is 1.23. The minimum atomic E-state index is -0.0628. The van der Waals surface area contributed by atoms with Gasteiger partial charge in [-0.1, -0.05) is 12.1 Å². The fraction of sp³-hybridized carbons (Fsp3) is 0.550. The number of amides is 2. The van der Waals surface area contributed by atoms with Crippen LogP contribution in [0.15, 0.2) is 24.3 Å². The molecule has 2 amide bonds. The van der Waals surface area contributed by atoms with Crippen LogP contribution in [0, 0.1) is 0 Å². The number of carbonyl (C=O) groups is 2. The molecule has 2 fully saturated rings. The average Bonchev–Trinajstić information content (AvgIpc) is 3.37. The molecule has 1 N–H and O–H groups in total. The van der Waals surface area contributed by atoms with E-state index in [1.54, 1.807) is 11.3 Å². The summed E-state index contributed by atoms with van der Waals surface area (Å²) in [7, 11) is 0. The number of nitrogens with one attached hydrogen (secondary N) is 1. The normalized spacial score (nSPS) is 18.6. The summed E-state index contributed by atoms with van der Waals surface area (Å²) in [5.74, 6) is -0.0290. The summed E-state index contributed by atoms with van der Waals surface area (Å²) in [6.07, 6.45) is 2.14. The van der Waals surface area contributed by atoms with Crippen molar-refractivity contribution in [3.63, 3.8) is 0 Å². The standard InChI is InChI=1S/C20H27N5O2S/c26-18(21-13-20(27)25-7-3-4-8-25)14-23-9-11-24(12-10-23)15-19-22-16-5-1-2-6-17(16)28-19/h1-2,5-6H,3-4,7-15H2,(H,21,26). The molecule has 2 aromatic rings. The molecule has 150 valence electrons. The number of nitrogens with zero attached hydrogens (tertiary/aromatic N) is 4. The highest BCUT2D eigenvalue weighted by Crippen LogP contribution is 2.22. The summed E-state index contributed by atoms with van der Waals surface area (Å²) in [4.78, 5) is 35.3. The number of likely N-dealkylation sites (tertiary alicyclic amines) is 1. The van der Waals surface area contributed by atoms with Crippen LogP contribution < -0.4 is 5.32 Å². The average molecular weight is 402 g/mol. The van der Waals surface area contributed by atoms with Crippen molar-refractivity contribution in [1.82, 2.24) is 25.0 Å². The molecule has 0 aliphatic carbocycles. The monoisotopic (exact) mass is 401 g/mol. The van der Waals surface area contributed by atoms with Gasteiger partial charge in [0.2, 0.25) is 11.8 Å². The molecule has 0 spiro atoms. The van der Waals surface area contributed by atoms with Gasteiger partial charge in [-0.2, -0.15) is 0 Å². The Kier molecular flexibility index (Phi) is 6.19. The van der Waals surface area contributed by atoms with E-state index in [9.17, 15) is 9.59 Å². The van der Waals surface area contributed by atoms with Crippen molar-refractivity contribution in [3.05, 3.63) is 29.3 Å². The molecule has 7 nitrogen and oxygen atoms in total. The molecule has 2 aliphatic heterocycles. The number of rotatable bonds is 6. The first-order valence-electron chi connectivity index (χ1n) is 10.0. The minimum absolute atomic E-state index is 0.0338. The maximum Gasteiger partial charge on any atom is 0.241 e. The molecule has 2 saturated heterocycles. The molecule has 3 heterocycles. The second kappa shape index (κ2) is 8.98. The highest BCUT2D eigenvalue weighted by Gasteiger charge is 2.21. The molecule has 0 atom stereocenters. The summed E-state index contributed by atoms with van der Waals surface area (Å²) in [5, 5.41) is 3.92. The maximum atomic E-state index is 12.2. The minimum Gasteiger partial charge on any atom is -0.346 e. The largest absolute Gasteiger partial charge is 0.346 e. The predicted octanol–water partition coefficient (Wildman–Crippen LogP) is 1.15. The van der Waals surface area contributed by atoms with Crippen molar-refractivity contribution in [1.29, 1.82) is 0 Å². The first kappa shape index (κ1) is 19.3. The zero-order chi connectivity index (χ0) is 19.3. The Labute approximate surface area is 169 Å². The second-order valence-corrected chi connectivity index (χ2v) is 8.61. The molecule has 1 aromatic carbocycles. The zero-order valence-electron chi connectivity index (χ0n) is 16.1. The zero-order valence-corrected chi connectivity index (χ0v) is 16.9. The number of thiazole rings is 1. The third kappa shape index (κ3) is 4.87. The lowest BCUT2D eigenvalue weighted by Crippen LogP contribution is -2.50. The van der Waals surface area contributed by atoms with Gasteiger partial charge in [-0.3, -0.25) is 19.4 Å². The van der Waals surface area contributed by atoms with Crippen LogP contribution >= 0.6 is 11.3 Å². The Morgan fingerprint density at radius 3 is 2.46 bits per heavy atom. The van der Waals surface area contributed by atoms with Crippen LogP contribution in [0.1, 0.15) is 17.8 Å². The number of carbonyl (C=O) groups excluding carboxylic acids is 2. The number of aromatic nitrogens is 1. The van der Waals surface area contributed by atoms with Gasteiger partial charge in [0, 0.05) is 39.3 Å². The van der Waals surface area contributed by atoms with E-state index < -0.39 is 0 Å². The van der Waals surface area contributed by atoms with Crippen molar-refractivity contribution in [2.24, 2.45) is 0 Å². The Hall–Kier alpha value is -2.03. The molecule has 0 radical (unpaired) electrons. The van der Waals surface area contributed by atoms with Crippen molar-refractivity contribution in [3.8, 4) is 0 Å². The number of piperazine rings is 1. The second-order valence-electron chi connectivity index (χ2n) is 7.49. The fourth-order valence-corrected chi connectivity index (χ4v) is 4.81. The Morgan fingerprint density at radius 1 is 1.00 bits per heavy atom. The number of hydrogen-bond donors (Lipinski definition) is 1. The van der Waals surface area contributed by atoms with E-state index in [0.717, 1.165) is 69.2 Å². The first-order valence-corrected chi connectivity index (χ1v) is 10.8. The molecule has 8 heteroatoms. The molecular weight excluding hydrogens is 374 g/mol. The Bertz CT molecular complexity index is 792. The number of hydrogen-bond acceptors (Lipinski definition) is 6. The van der Waals surface area contributed by atoms with E-state index in [-0.39, 0.29) is 18.4 Å². The van der Waals surface area contributed by atoms with Gasteiger partial charge >= 0.3 is 0 Å². The van der Waals surface area contributed by atoms with Crippen molar-refractivity contribution in [2.75, 3.05) is 52.4 Å². The van der Waals surface area contributed by atoms with Gasteiger partial charge in [0.25, 0.3) is 0 Å². The summed E-state index contributed by atoms with van der Waals surface area (Å²) in [5.41, 5.74) is 1.07.